The first-order valence-corrected chi connectivity index (χ1v) is 11.0. The molecule has 4 rings (SSSR count). The van der Waals surface area contributed by atoms with E-state index in [1.807, 2.05) is 4.72 Å². The molecule has 1 N–H and O–H groups in total. The van der Waals surface area contributed by atoms with Gasteiger partial charge in [-0.25, -0.2) is 32.3 Å². The van der Waals surface area contributed by atoms with Crippen LogP contribution in [0.25, 0.3) is 15.7 Å². The number of hydrogen-bond acceptors (Lipinski definition) is 8. The van der Waals surface area contributed by atoms with Crippen LogP contribution in [0.15, 0.2) is 58.1 Å². The van der Waals surface area contributed by atoms with Gasteiger partial charge in [0.1, 0.15) is 17.1 Å². The lowest BCUT2D eigenvalue weighted by atomic mass is 10.00. The molecule has 0 aliphatic heterocycles. The van der Waals surface area contributed by atoms with Crippen LogP contribution >= 0.6 is 0 Å². The quantitative estimate of drug-likeness (QED) is 0.406. The number of aryl methyl sites for hydroxylation is 1. The van der Waals surface area contributed by atoms with Gasteiger partial charge >= 0.3 is 11.6 Å². The van der Waals surface area contributed by atoms with Crippen LogP contribution in [-0.2, 0) is 16.6 Å². The number of nitrogens with zero attached hydrogens (tertiary/aromatic N) is 4. The van der Waals surface area contributed by atoms with Crippen LogP contribution in [0.2, 0.25) is 0 Å². The van der Waals surface area contributed by atoms with Crippen molar-refractivity contribution in [3.8, 4) is 11.8 Å². The van der Waals surface area contributed by atoms with E-state index in [1.165, 1.54) is 30.7 Å². The van der Waals surface area contributed by atoms with Gasteiger partial charge in [-0.05, 0) is 49.1 Å². The molecule has 0 amide bonds. The SMILES string of the molecule is CNS(=O)(=O)[N-]c1nccc(Cc2c(C)c3ccc(Oc4ncccn4)cc3oc2=O)c1F. The van der Waals surface area contributed by atoms with Gasteiger partial charge < -0.3 is 18.9 Å². The summed E-state index contributed by atoms with van der Waals surface area (Å²) in [5, 5.41) is 0.628. The molecule has 0 atom stereocenters. The van der Waals surface area contributed by atoms with Crippen molar-refractivity contribution in [1.29, 1.82) is 0 Å². The molecule has 12 heteroatoms. The average molecular weight is 470 g/mol. The molecule has 0 saturated carbocycles. The van der Waals surface area contributed by atoms with Crippen molar-refractivity contribution in [2.75, 3.05) is 7.05 Å². The molecule has 1 aromatic carbocycles. The Morgan fingerprint density at radius 2 is 1.91 bits per heavy atom. The lowest BCUT2D eigenvalue weighted by Gasteiger charge is -2.17. The van der Waals surface area contributed by atoms with Crippen LogP contribution < -0.4 is 15.1 Å². The number of hydrogen-bond donors (Lipinski definition) is 1. The maximum absolute atomic E-state index is 14.9. The second-order valence-corrected chi connectivity index (χ2v) is 8.38. The zero-order valence-corrected chi connectivity index (χ0v) is 18.3. The number of ether oxygens (including phenoxy) is 1. The molecule has 4 aromatic rings. The third kappa shape index (κ3) is 4.81. The molecule has 0 unspecified atom stereocenters. The molecule has 0 radical (unpaired) electrons. The Morgan fingerprint density at radius 1 is 1.15 bits per heavy atom. The van der Waals surface area contributed by atoms with Crippen LogP contribution in [0.4, 0.5) is 10.2 Å². The number of aromatic nitrogens is 3. The Kier molecular flexibility index (Phi) is 6.03. The van der Waals surface area contributed by atoms with E-state index in [-0.39, 0.29) is 29.1 Å². The minimum atomic E-state index is -4.09. The van der Waals surface area contributed by atoms with Crippen molar-refractivity contribution in [3.05, 3.63) is 86.6 Å². The van der Waals surface area contributed by atoms with E-state index in [0.29, 0.717) is 16.7 Å². The molecule has 3 heterocycles. The van der Waals surface area contributed by atoms with Crippen molar-refractivity contribution >= 4 is 27.0 Å². The highest BCUT2D eigenvalue weighted by Crippen LogP contribution is 2.29. The summed E-state index contributed by atoms with van der Waals surface area (Å²) < 4.78 is 54.4. The fraction of sp³-hybridized carbons (Fsp3) is 0.143. The molecular weight excluding hydrogens is 453 g/mol. The number of halogens is 1. The maximum atomic E-state index is 14.9. The van der Waals surface area contributed by atoms with Gasteiger partial charge in [-0.3, -0.25) is 0 Å². The molecule has 0 saturated heterocycles. The topological polar surface area (TPSA) is 138 Å². The van der Waals surface area contributed by atoms with Crippen molar-refractivity contribution in [2.45, 2.75) is 13.3 Å². The Labute approximate surface area is 187 Å². The van der Waals surface area contributed by atoms with Crippen LogP contribution in [0.5, 0.6) is 11.8 Å². The van der Waals surface area contributed by atoms with Crippen LogP contribution in [0, 0.1) is 12.7 Å². The Bertz CT molecular complexity index is 1490. The highest BCUT2D eigenvalue weighted by atomic mass is 32.2. The third-order valence-electron chi connectivity index (χ3n) is 4.79. The first-order chi connectivity index (χ1) is 15.8. The molecule has 33 heavy (non-hydrogen) atoms. The van der Waals surface area contributed by atoms with Gasteiger partial charge in [0.15, 0.2) is 0 Å². The Morgan fingerprint density at radius 3 is 2.64 bits per heavy atom. The van der Waals surface area contributed by atoms with Crippen molar-refractivity contribution in [3.63, 3.8) is 0 Å². The standard InChI is InChI=1S/C21H17FN5O5S/c1-12-15-5-4-14(31-21-25-7-3-8-26-21)11-17(15)32-20(28)16(12)10-13-6-9-24-19(18(13)22)27-33(29,30)23-2/h3-9,11,23H,10H2,1-2H3/q-1. The molecule has 0 bridgehead atoms. The summed E-state index contributed by atoms with van der Waals surface area (Å²) in [7, 11) is -2.94. The van der Waals surface area contributed by atoms with Crippen molar-refractivity contribution < 1.29 is 22.0 Å². The van der Waals surface area contributed by atoms with Gasteiger partial charge in [0.05, 0.1) is 0 Å². The van der Waals surface area contributed by atoms with Crippen molar-refractivity contribution in [1.82, 2.24) is 19.7 Å². The number of rotatable bonds is 7. The summed E-state index contributed by atoms with van der Waals surface area (Å²) in [6.07, 6.45) is 4.14. The van der Waals surface area contributed by atoms with E-state index in [4.69, 9.17) is 9.15 Å². The largest absolute Gasteiger partial charge is 0.440 e. The van der Waals surface area contributed by atoms with Gasteiger partial charge in [0.2, 0.25) is 10.2 Å². The van der Waals surface area contributed by atoms with E-state index in [1.54, 1.807) is 25.1 Å². The van der Waals surface area contributed by atoms with Gasteiger partial charge in [-0.15, -0.1) is 0 Å². The fourth-order valence-corrected chi connectivity index (χ4v) is 3.55. The predicted octanol–water partition coefficient (Wildman–Crippen LogP) is 3.28. The zero-order valence-electron chi connectivity index (χ0n) is 17.4. The minimum absolute atomic E-state index is 0.0472. The lowest BCUT2D eigenvalue weighted by molar-refractivity contribution is 0.440. The number of fused-ring (bicyclic) bond motifs is 1. The fourth-order valence-electron chi connectivity index (χ4n) is 3.11. The Hall–Kier alpha value is -3.90. The van der Waals surface area contributed by atoms with E-state index in [0.717, 1.165) is 7.05 Å². The first-order valence-electron chi connectivity index (χ1n) is 9.58. The summed E-state index contributed by atoms with van der Waals surface area (Å²) >= 11 is 0. The number of nitrogens with one attached hydrogen (secondary N) is 1. The van der Waals surface area contributed by atoms with Gasteiger partial charge in [-0.2, -0.15) is 0 Å². The smallest absolute Gasteiger partial charge is 0.340 e. The number of benzene rings is 1. The molecule has 0 spiro atoms. The van der Waals surface area contributed by atoms with Gasteiger partial charge in [0, 0.05) is 35.8 Å². The summed E-state index contributed by atoms with van der Waals surface area (Å²) in [6, 6.07) is 8.05. The van der Waals surface area contributed by atoms with E-state index >= 15 is 0 Å². The van der Waals surface area contributed by atoms with Crippen LogP contribution in [-0.4, -0.2) is 30.4 Å². The van der Waals surface area contributed by atoms with E-state index in [2.05, 4.69) is 19.7 Å². The monoisotopic (exact) mass is 470 g/mol. The molecule has 0 fully saturated rings. The normalized spacial score (nSPS) is 11.5. The van der Waals surface area contributed by atoms with Gasteiger partial charge in [0.25, 0.3) is 0 Å². The molecule has 0 aliphatic carbocycles. The Balaban J connectivity index is 1.68. The lowest BCUT2D eigenvalue weighted by Crippen LogP contribution is -2.16. The highest BCUT2D eigenvalue weighted by Gasteiger charge is 2.16. The summed E-state index contributed by atoms with van der Waals surface area (Å²) in [4.78, 5) is 24.3. The van der Waals surface area contributed by atoms with Crippen LogP contribution in [0.1, 0.15) is 16.7 Å². The molecule has 10 nitrogen and oxygen atoms in total. The van der Waals surface area contributed by atoms with E-state index < -0.39 is 27.5 Å². The molecule has 0 aliphatic rings. The average Bonchev–Trinajstić information content (AvgIpc) is 2.79. The number of pyridine rings is 1. The molecule has 3 aromatic heterocycles. The van der Waals surface area contributed by atoms with Crippen molar-refractivity contribution in [2.24, 2.45) is 0 Å². The zero-order chi connectivity index (χ0) is 23.6. The van der Waals surface area contributed by atoms with Gasteiger partial charge in [-0.1, -0.05) is 12.3 Å². The highest BCUT2D eigenvalue weighted by molar-refractivity contribution is 7.92. The molecular formula is C21H17FN5O5S-. The summed E-state index contributed by atoms with van der Waals surface area (Å²) in [5.41, 5.74) is 0.466. The maximum Gasteiger partial charge on any atom is 0.340 e. The van der Waals surface area contributed by atoms with E-state index in [9.17, 15) is 17.6 Å². The summed E-state index contributed by atoms with van der Waals surface area (Å²) in [6.45, 7) is 1.71. The second-order valence-electron chi connectivity index (χ2n) is 6.84. The third-order valence-corrected chi connectivity index (χ3v) is 5.72. The predicted molar refractivity (Wildman–Crippen MR) is 117 cm³/mol. The summed E-state index contributed by atoms with van der Waals surface area (Å²) in [5.74, 6) is -1.17. The minimum Gasteiger partial charge on any atom is -0.440 e. The first kappa shape index (κ1) is 22.3. The second kappa shape index (κ2) is 8.92. The molecule has 170 valence electrons. The van der Waals surface area contributed by atoms with Crippen LogP contribution in [0.3, 0.4) is 0 Å².